The van der Waals surface area contributed by atoms with Crippen molar-refractivity contribution in [1.29, 1.82) is 5.26 Å². The number of ether oxygens (including phenoxy) is 2. The summed E-state index contributed by atoms with van der Waals surface area (Å²) >= 11 is 0. The van der Waals surface area contributed by atoms with Gasteiger partial charge in [-0.15, -0.1) is 0 Å². The molecule has 4 aliphatic heterocycles. The lowest BCUT2D eigenvalue weighted by molar-refractivity contribution is -0.120. The summed E-state index contributed by atoms with van der Waals surface area (Å²) in [5.74, 6) is -1.05. The summed E-state index contributed by atoms with van der Waals surface area (Å²) < 4.78 is 76.3. The fourth-order valence-electron chi connectivity index (χ4n) is 9.80. The van der Waals surface area contributed by atoms with Crippen LogP contribution in [0.3, 0.4) is 0 Å². The number of hydrogen-bond acceptors (Lipinski definition) is 12. The summed E-state index contributed by atoms with van der Waals surface area (Å²) in [7, 11) is -2.24. The van der Waals surface area contributed by atoms with Gasteiger partial charge >= 0.3 is 16.2 Å². The van der Waals surface area contributed by atoms with Crippen LogP contribution in [0.15, 0.2) is 53.6 Å². The SMILES string of the molecule is Cn1nc(N2CCC(=O)NC2=O)c2cc(F)c(N3CCC(N4CCC[C@@H](n5cnc6ccc(Oc7c(F)ccc(NS(=O)(=O)N8CC9CC9C8)c7C#N)cc6c5=O)COCC4)CC3)cc21. The molecule has 0 radical (unpaired) electrons. The summed E-state index contributed by atoms with van der Waals surface area (Å²) in [5.41, 5.74) is 0.744. The first-order valence-corrected chi connectivity index (χ1v) is 23.3. The molecule has 3 aromatic carbocycles. The zero-order valence-electron chi connectivity index (χ0n) is 35.6. The molecule has 6 heterocycles. The quantitative estimate of drug-likeness (QED) is 0.209. The van der Waals surface area contributed by atoms with Crippen LogP contribution in [0, 0.1) is 34.8 Å². The van der Waals surface area contributed by atoms with E-state index in [1.807, 2.05) is 11.0 Å². The van der Waals surface area contributed by atoms with E-state index in [4.69, 9.17) is 9.47 Å². The summed E-state index contributed by atoms with van der Waals surface area (Å²) in [5, 5.41) is 17.6. The Morgan fingerprint density at radius 3 is 2.51 bits per heavy atom. The molecule has 10 rings (SSSR count). The highest BCUT2D eigenvalue weighted by atomic mass is 32.2. The molecule has 5 aliphatic rings. The van der Waals surface area contributed by atoms with Gasteiger partial charge in [-0.2, -0.15) is 23.1 Å². The van der Waals surface area contributed by atoms with Crippen molar-refractivity contribution in [3.63, 3.8) is 0 Å². The molecule has 3 amide bonds. The Labute approximate surface area is 372 Å². The van der Waals surface area contributed by atoms with Gasteiger partial charge in [0.25, 0.3) is 5.56 Å². The number of halogens is 2. The van der Waals surface area contributed by atoms with Crippen LogP contribution in [0.25, 0.3) is 21.8 Å². The number of nitrogens with zero attached hydrogens (tertiary/aromatic N) is 9. The van der Waals surface area contributed by atoms with Gasteiger partial charge in [0.15, 0.2) is 17.4 Å². The fourth-order valence-corrected chi connectivity index (χ4v) is 11.2. The highest BCUT2D eigenvalue weighted by Gasteiger charge is 2.49. The largest absolute Gasteiger partial charge is 0.453 e. The molecule has 2 unspecified atom stereocenters. The topological polar surface area (TPSA) is 200 Å². The number of anilines is 3. The number of nitriles is 1. The number of nitrogens with one attached hydrogen (secondary N) is 2. The van der Waals surface area contributed by atoms with Gasteiger partial charge in [0.1, 0.15) is 23.2 Å². The molecule has 3 atom stereocenters. The van der Waals surface area contributed by atoms with Gasteiger partial charge in [0.2, 0.25) is 5.91 Å². The van der Waals surface area contributed by atoms with Gasteiger partial charge in [0.05, 0.1) is 53.4 Å². The van der Waals surface area contributed by atoms with E-state index in [-0.39, 0.29) is 65.5 Å². The highest BCUT2D eigenvalue weighted by molar-refractivity contribution is 7.90. The van der Waals surface area contributed by atoms with Gasteiger partial charge < -0.3 is 14.4 Å². The molecule has 0 bridgehead atoms. The molecule has 4 saturated heterocycles. The van der Waals surface area contributed by atoms with E-state index in [1.54, 1.807) is 28.4 Å². The maximum absolute atomic E-state index is 15.8. The average molecular weight is 912 g/mol. The number of piperidine rings is 2. The normalized spacial score (nSPS) is 22.6. The van der Waals surface area contributed by atoms with Crippen molar-refractivity contribution < 1.29 is 36.3 Å². The third-order valence-electron chi connectivity index (χ3n) is 13.5. The number of carbonyl (C=O) groups is 2. The van der Waals surface area contributed by atoms with Gasteiger partial charge in [-0.1, -0.05) is 0 Å². The van der Waals surface area contributed by atoms with Crippen molar-refractivity contribution in [1.82, 2.24) is 33.9 Å². The number of benzene rings is 3. The number of aryl methyl sites for hydroxylation is 1. The Morgan fingerprint density at radius 2 is 1.74 bits per heavy atom. The summed E-state index contributed by atoms with van der Waals surface area (Å²) in [4.78, 5) is 48.7. The predicted molar refractivity (Wildman–Crippen MR) is 235 cm³/mol. The summed E-state index contributed by atoms with van der Waals surface area (Å²) in [6.45, 7) is 4.42. The average Bonchev–Trinajstić information content (AvgIpc) is 3.71. The standard InChI is InChI=1S/C44H47F2N11O7S/c1-52-38-20-39(35(46)19-32(38)42(50-52)56-14-10-40(58)49-44(56)60)54-12-8-28(9-13-54)53-11-2-3-29(24-63-16-15-53)57-25-48-36-6-4-30(18-31(36)43(57)59)64-41-33(21-47)37(7-5-34(41)45)51-65(61,62)55-22-26-17-27(26)23-55/h4-7,18-20,25-29,51H,2-3,8-17,22-24H2,1H3,(H,49,58,60)/t26?,27?,29-/m1/s1. The molecule has 2 aromatic heterocycles. The fraction of sp³-hybridized carbons (Fsp3) is 0.455. The van der Waals surface area contributed by atoms with Crippen LogP contribution in [0.2, 0.25) is 0 Å². The first kappa shape index (κ1) is 42.7. The van der Waals surface area contributed by atoms with Gasteiger partial charge in [-0.05, 0) is 92.9 Å². The molecular formula is C44H47F2N11O7S. The Hall–Kier alpha value is -6.21. The van der Waals surface area contributed by atoms with E-state index in [9.17, 15) is 28.1 Å². The number of fused-ring (bicyclic) bond motifs is 3. The lowest BCUT2D eigenvalue weighted by Gasteiger charge is -2.39. The van der Waals surface area contributed by atoms with E-state index in [0.29, 0.717) is 85.5 Å². The number of carbonyl (C=O) groups excluding carboxylic acids is 2. The van der Waals surface area contributed by atoms with Crippen molar-refractivity contribution in [2.45, 2.75) is 50.6 Å². The van der Waals surface area contributed by atoms with Crippen LogP contribution >= 0.6 is 0 Å². The number of urea groups is 1. The molecule has 18 nitrogen and oxygen atoms in total. The lowest BCUT2D eigenvalue weighted by Crippen LogP contribution is -2.49. The van der Waals surface area contributed by atoms with Crippen LogP contribution < -0.4 is 30.1 Å². The summed E-state index contributed by atoms with van der Waals surface area (Å²) in [6.07, 6.45) is 5.65. The molecule has 1 aliphatic carbocycles. The third-order valence-corrected chi connectivity index (χ3v) is 14.9. The van der Waals surface area contributed by atoms with Gasteiger partial charge in [-0.25, -0.2) is 18.6 Å². The minimum absolute atomic E-state index is 0.0639. The number of amides is 3. The van der Waals surface area contributed by atoms with Crippen molar-refractivity contribution in [2.75, 3.05) is 73.5 Å². The molecule has 2 N–H and O–H groups in total. The van der Waals surface area contributed by atoms with Crippen LogP contribution in [0.1, 0.15) is 50.1 Å². The van der Waals surface area contributed by atoms with Crippen molar-refractivity contribution >= 4 is 61.1 Å². The van der Waals surface area contributed by atoms with Crippen molar-refractivity contribution in [3.8, 4) is 17.6 Å². The molecule has 5 fully saturated rings. The van der Waals surface area contributed by atoms with E-state index in [2.05, 4.69) is 25.0 Å². The van der Waals surface area contributed by atoms with E-state index >= 15 is 8.78 Å². The number of rotatable bonds is 9. The minimum atomic E-state index is -3.98. The van der Waals surface area contributed by atoms with Crippen LogP contribution in [0.5, 0.6) is 11.5 Å². The van der Waals surface area contributed by atoms with E-state index in [0.717, 1.165) is 38.3 Å². The van der Waals surface area contributed by atoms with E-state index < -0.39 is 33.6 Å². The highest BCUT2D eigenvalue weighted by Crippen LogP contribution is 2.46. The maximum atomic E-state index is 15.8. The molecule has 65 heavy (non-hydrogen) atoms. The zero-order valence-corrected chi connectivity index (χ0v) is 36.4. The van der Waals surface area contributed by atoms with Gasteiger partial charge in [-0.3, -0.25) is 38.7 Å². The number of aromatic nitrogens is 4. The monoisotopic (exact) mass is 911 g/mol. The van der Waals surface area contributed by atoms with Gasteiger partial charge in [0, 0.05) is 64.2 Å². The first-order valence-electron chi connectivity index (χ1n) is 21.9. The second-order valence-corrected chi connectivity index (χ2v) is 19.1. The minimum Gasteiger partial charge on any atom is -0.453 e. The van der Waals surface area contributed by atoms with Crippen molar-refractivity contribution in [3.05, 3.63) is 76.3 Å². The molecule has 1 saturated carbocycles. The van der Waals surface area contributed by atoms with Crippen LogP contribution in [0.4, 0.5) is 30.8 Å². The molecular weight excluding hydrogens is 865 g/mol. The van der Waals surface area contributed by atoms with E-state index in [1.165, 1.54) is 39.8 Å². The third kappa shape index (κ3) is 8.24. The second kappa shape index (κ2) is 17.0. The van der Waals surface area contributed by atoms with Crippen LogP contribution in [-0.2, 0) is 26.8 Å². The predicted octanol–water partition coefficient (Wildman–Crippen LogP) is 4.60. The number of imide groups is 1. The van der Waals surface area contributed by atoms with Crippen LogP contribution in [-0.4, -0.2) is 114 Å². The molecule has 340 valence electrons. The summed E-state index contributed by atoms with van der Waals surface area (Å²) in [6, 6.07) is 11.2. The Kier molecular flexibility index (Phi) is 11.2. The Bertz CT molecular complexity index is 2940. The molecule has 5 aromatic rings. The smallest absolute Gasteiger partial charge is 0.329 e. The Balaban J connectivity index is 0.790. The first-order chi connectivity index (χ1) is 31.3. The zero-order chi connectivity index (χ0) is 45.1. The number of hydrogen-bond donors (Lipinski definition) is 2. The molecule has 0 spiro atoms. The maximum Gasteiger partial charge on any atom is 0.329 e. The molecule has 21 heteroatoms. The Morgan fingerprint density at radius 1 is 0.938 bits per heavy atom. The lowest BCUT2D eigenvalue weighted by atomic mass is 10.0. The van der Waals surface area contributed by atoms with Crippen molar-refractivity contribution in [2.24, 2.45) is 18.9 Å². The second-order valence-electron chi connectivity index (χ2n) is 17.5.